The standard InChI is InChI=1S/C14H17NO5S/c1-18-11-5-4-6-12(7-11)21(16,17)13(10-15)8-14(9-13,19-2)20-3/h4-7H,8-9H2,1-3H3. The zero-order valence-corrected chi connectivity index (χ0v) is 12.9. The Morgan fingerprint density at radius 3 is 2.29 bits per heavy atom. The summed E-state index contributed by atoms with van der Waals surface area (Å²) in [4.78, 5) is 0.0595. The first kappa shape index (κ1) is 15.8. The molecule has 0 aliphatic heterocycles. The molecule has 6 nitrogen and oxygen atoms in total. The van der Waals surface area contributed by atoms with Crippen molar-refractivity contribution in [3.05, 3.63) is 24.3 Å². The summed E-state index contributed by atoms with van der Waals surface area (Å²) in [5, 5.41) is 9.41. The SMILES string of the molecule is COc1cccc(S(=O)(=O)C2(C#N)CC(OC)(OC)C2)c1. The molecule has 0 amide bonds. The Hall–Kier alpha value is -1.62. The van der Waals surface area contributed by atoms with Gasteiger partial charge in [-0.15, -0.1) is 0 Å². The van der Waals surface area contributed by atoms with Crippen LogP contribution in [0.1, 0.15) is 12.8 Å². The molecule has 1 aliphatic carbocycles. The number of benzene rings is 1. The van der Waals surface area contributed by atoms with Gasteiger partial charge in [0.15, 0.2) is 20.4 Å². The van der Waals surface area contributed by atoms with Crippen LogP contribution in [0.25, 0.3) is 0 Å². The summed E-state index contributed by atoms with van der Waals surface area (Å²) >= 11 is 0. The van der Waals surface area contributed by atoms with Gasteiger partial charge in [0.05, 0.1) is 18.1 Å². The molecule has 0 spiro atoms. The van der Waals surface area contributed by atoms with Gasteiger partial charge in [0.2, 0.25) is 0 Å². The molecule has 7 heteroatoms. The molecule has 1 aromatic carbocycles. The lowest BCUT2D eigenvalue weighted by molar-refractivity contribution is -0.256. The Bertz CT molecular complexity index is 665. The van der Waals surface area contributed by atoms with Gasteiger partial charge in [-0.05, 0) is 18.2 Å². The number of nitriles is 1. The summed E-state index contributed by atoms with van der Waals surface area (Å²) in [5.41, 5.74) is 0. The van der Waals surface area contributed by atoms with Gasteiger partial charge in [0.25, 0.3) is 0 Å². The van der Waals surface area contributed by atoms with Crippen LogP contribution >= 0.6 is 0 Å². The predicted molar refractivity (Wildman–Crippen MR) is 74.5 cm³/mol. The summed E-state index contributed by atoms with van der Waals surface area (Å²) in [5.74, 6) is -0.588. The average molecular weight is 311 g/mol. The molecule has 2 rings (SSSR count). The highest BCUT2D eigenvalue weighted by Gasteiger charge is 2.64. The number of rotatable bonds is 5. The second kappa shape index (κ2) is 5.30. The van der Waals surface area contributed by atoms with Gasteiger partial charge in [0, 0.05) is 27.1 Å². The van der Waals surface area contributed by atoms with Crippen molar-refractivity contribution in [1.29, 1.82) is 5.26 Å². The number of nitrogens with zero attached hydrogens (tertiary/aromatic N) is 1. The maximum atomic E-state index is 12.8. The summed E-state index contributed by atoms with van der Waals surface area (Å²) < 4.78 is 39.4. The number of ether oxygens (including phenoxy) is 3. The fraction of sp³-hybridized carbons (Fsp3) is 0.500. The van der Waals surface area contributed by atoms with E-state index >= 15 is 0 Å². The van der Waals surface area contributed by atoms with E-state index in [9.17, 15) is 13.7 Å². The number of methoxy groups -OCH3 is 3. The van der Waals surface area contributed by atoms with Crippen LogP contribution in [0.15, 0.2) is 29.2 Å². The first-order valence-electron chi connectivity index (χ1n) is 6.29. The fourth-order valence-electron chi connectivity index (χ4n) is 2.51. The highest BCUT2D eigenvalue weighted by Crippen LogP contribution is 2.51. The third-order valence-corrected chi connectivity index (χ3v) is 6.21. The van der Waals surface area contributed by atoms with E-state index in [0.29, 0.717) is 5.75 Å². The molecule has 1 aromatic rings. The second-order valence-corrected chi connectivity index (χ2v) is 7.22. The van der Waals surface area contributed by atoms with Crippen molar-refractivity contribution in [3.8, 4) is 11.8 Å². The quantitative estimate of drug-likeness (QED) is 0.766. The smallest absolute Gasteiger partial charge is 0.197 e. The summed E-state index contributed by atoms with van der Waals surface area (Å²) in [6.07, 6.45) is -0.0495. The van der Waals surface area contributed by atoms with Crippen molar-refractivity contribution in [2.75, 3.05) is 21.3 Å². The van der Waals surface area contributed by atoms with E-state index in [1.165, 1.54) is 33.5 Å². The molecular formula is C14H17NO5S. The van der Waals surface area contributed by atoms with Gasteiger partial charge < -0.3 is 14.2 Å². The van der Waals surface area contributed by atoms with Crippen molar-refractivity contribution in [2.45, 2.75) is 28.3 Å². The molecule has 0 heterocycles. The monoisotopic (exact) mass is 311 g/mol. The van der Waals surface area contributed by atoms with E-state index < -0.39 is 20.4 Å². The van der Waals surface area contributed by atoms with E-state index in [4.69, 9.17) is 14.2 Å². The van der Waals surface area contributed by atoms with Crippen LogP contribution in [-0.2, 0) is 19.3 Å². The predicted octanol–water partition coefficient (Wildman–Crippen LogP) is 1.51. The summed E-state index contributed by atoms with van der Waals surface area (Å²) in [6, 6.07) is 8.02. The first-order valence-corrected chi connectivity index (χ1v) is 7.77. The highest BCUT2D eigenvalue weighted by molar-refractivity contribution is 7.93. The van der Waals surface area contributed by atoms with Crippen molar-refractivity contribution in [3.63, 3.8) is 0 Å². The zero-order valence-electron chi connectivity index (χ0n) is 12.1. The number of hydrogen-bond acceptors (Lipinski definition) is 6. The molecule has 1 saturated carbocycles. The van der Waals surface area contributed by atoms with E-state index in [1.807, 2.05) is 6.07 Å². The Morgan fingerprint density at radius 1 is 1.19 bits per heavy atom. The molecule has 0 radical (unpaired) electrons. The largest absolute Gasteiger partial charge is 0.497 e. The first-order chi connectivity index (χ1) is 9.88. The maximum Gasteiger partial charge on any atom is 0.197 e. The van der Waals surface area contributed by atoms with Crippen LogP contribution in [0.2, 0.25) is 0 Å². The number of hydrogen-bond donors (Lipinski definition) is 0. The van der Waals surface area contributed by atoms with Crippen LogP contribution < -0.4 is 4.74 Å². The molecule has 114 valence electrons. The van der Waals surface area contributed by atoms with Gasteiger partial charge in [-0.1, -0.05) is 6.07 Å². The van der Waals surface area contributed by atoms with Crippen LogP contribution in [0.4, 0.5) is 0 Å². The zero-order chi connectivity index (χ0) is 15.7. The number of sulfone groups is 1. The van der Waals surface area contributed by atoms with Crippen molar-refractivity contribution in [2.24, 2.45) is 0 Å². The third kappa shape index (κ3) is 2.29. The lowest BCUT2D eigenvalue weighted by Gasteiger charge is -2.49. The molecule has 0 N–H and O–H groups in total. The minimum Gasteiger partial charge on any atom is -0.497 e. The minimum absolute atomic E-state index is 0.0248. The van der Waals surface area contributed by atoms with Crippen molar-refractivity contribution in [1.82, 2.24) is 0 Å². The Morgan fingerprint density at radius 2 is 1.81 bits per heavy atom. The average Bonchev–Trinajstić information content (AvgIpc) is 2.48. The van der Waals surface area contributed by atoms with Gasteiger partial charge in [-0.3, -0.25) is 0 Å². The van der Waals surface area contributed by atoms with Gasteiger partial charge >= 0.3 is 0 Å². The minimum atomic E-state index is -3.84. The highest BCUT2D eigenvalue weighted by atomic mass is 32.2. The van der Waals surface area contributed by atoms with Crippen LogP contribution in [0, 0.1) is 11.3 Å². The fourth-order valence-corrected chi connectivity index (χ4v) is 4.43. The molecule has 1 aliphatic rings. The molecule has 1 fully saturated rings. The van der Waals surface area contributed by atoms with Crippen LogP contribution in [-0.4, -0.2) is 40.3 Å². The molecule has 0 aromatic heterocycles. The Balaban J connectivity index is 2.41. The van der Waals surface area contributed by atoms with Gasteiger partial charge in [0.1, 0.15) is 5.75 Å². The van der Waals surface area contributed by atoms with Gasteiger partial charge in [-0.25, -0.2) is 8.42 Å². The Kier molecular flexibility index (Phi) is 3.97. The molecule has 0 unspecified atom stereocenters. The van der Waals surface area contributed by atoms with Crippen molar-refractivity contribution >= 4 is 9.84 Å². The molecule has 0 atom stereocenters. The van der Waals surface area contributed by atoms with E-state index in [2.05, 4.69) is 0 Å². The van der Waals surface area contributed by atoms with E-state index in [-0.39, 0.29) is 17.7 Å². The molecule has 0 bridgehead atoms. The third-order valence-electron chi connectivity index (χ3n) is 3.92. The lowest BCUT2D eigenvalue weighted by Crippen LogP contribution is -2.61. The van der Waals surface area contributed by atoms with Crippen molar-refractivity contribution < 1.29 is 22.6 Å². The second-order valence-electron chi connectivity index (χ2n) is 4.96. The molecule has 21 heavy (non-hydrogen) atoms. The maximum absolute atomic E-state index is 12.8. The van der Waals surface area contributed by atoms with E-state index in [1.54, 1.807) is 12.1 Å². The summed E-state index contributed by atoms with van der Waals surface area (Å²) in [6.45, 7) is 0. The van der Waals surface area contributed by atoms with Crippen LogP contribution in [0.3, 0.4) is 0 Å². The van der Waals surface area contributed by atoms with Crippen LogP contribution in [0.5, 0.6) is 5.75 Å². The lowest BCUT2D eigenvalue weighted by atomic mass is 9.78. The molecular weight excluding hydrogens is 294 g/mol. The normalized spacial score (nSPS) is 19.3. The van der Waals surface area contributed by atoms with Gasteiger partial charge in [-0.2, -0.15) is 5.26 Å². The summed E-state index contributed by atoms with van der Waals surface area (Å²) in [7, 11) is 0.482. The Labute approximate surface area is 124 Å². The topological polar surface area (TPSA) is 85.6 Å². The molecule has 0 saturated heterocycles. The van der Waals surface area contributed by atoms with E-state index in [0.717, 1.165) is 0 Å².